The summed E-state index contributed by atoms with van der Waals surface area (Å²) >= 11 is 0. The number of carbonyl (C=O) groups excluding carboxylic acids is 2. The normalized spacial score (nSPS) is 10.3. The number of amides is 3. The minimum absolute atomic E-state index is 0.199. The number of nitrogens with one attached hydrogen (secondary N) is 2. The summed E-state index contributed by atoms with van der Waals surface area (Å²) in [5.41, 5.74) is 7.98. The third-order valence-electron chi connectivity index (χ3n) is 3.77. The van der Waals surface area contributed by atoms with E-state index >= 15 is 0 Å². The molecular formula is C19H19N5O2. The number of anilines is 1. The van der Waals surface area contributed by atoms with Crippen molar-refractivity contribution in [1.29, 1.82) is 0 Å². The zero-order chi connectivity index (χ0) is 18.4. The summed E-state index contributed by atoms with van der Waals surface area (Å²) in [5.74, 6) is -0.575. The van der Waals surface area contributed by atoms with Gasteiger partial charge in [-0.25, -0.2) is 9.48 Å². The summed E-state index contributed by atoms with van der Waals surface area (Å²) in [4.78, 5) is 23.0. The lowest BCUT2D eigenvalue weighted by molar-refractivity contribution is 0.0995. The van der Waals surface area contributed by atoms with E-state index in [0.29, 0.717) is 12.2 Å². The van der Waals surface area contributed by atoms with Crippen molar-refractivity contribution in [2.45, 2.75) is 6.42 Å². The van der Waals surface area contributed by atoms with Gasteiger partial charge in [0.15, 0.2) is 0 Å². The zero-order valence-electron chi connectivity index (χ0n) is 14.1. The van der Waals surface area contributed by atoms with Crippen molar-refractivity contribution in [2.75, 3.05) is 11.9 Å². The molecule has 3 amide bonds. The van der Waals surface area contributed by atoms with E-state index in [-0.39, 0.29) is 11.7 Å². The molecule has 4 N–H and O–H groups in total. The molecule has 3 rings (SSSR count). The molecule has 0 aliphatic carbocycles. The van der Waals surface area contributed by atoms with Gasteiger partial charge in [0.2, 0.25) is 0 Å². The third kappa shape index (κ3) is 4.47. The topological polar surface area (TPSA) is 102 Å². The molecular weight excluding hydrogens is 330 g/mol. The smallest absolute Gasteiger partial charge is 0.319 e. The number of nitrogens with two attached hydrogens (primary N) is 1. The van der Waals surface area contributed by atoms with Gasteiger partial charge in [0, 0.05) is 18.4 Å². The van der Waals surface area contributed by atoms with E-state index in [1.807, 2.05) is 30.3 Å². The van der Waals surface area contributed by atoms with Gasteiger partial charge in [-0.05, 0) is 42.3 Å². The first-order valence-electron chi connectivity index (χ1n) is 8.16. The first-order chi connectivity index (χ1) is 12.6. The number of carbonyl (C=O) groups is 2. The highest BCUT2D eigenvalue weighted by atomic mass is 16.2. The summed E-state index contributed by atoms with van der Waals surface area (Å²) in [6.45, 7) is 0.553. The van der Waals surface area contributed by atoms with E-state index in [2.05, 4.69) is 15.7 Å². The number of aromatic nitrogens is 2. The van der Waals surface area contributed by atoms with Gasteiger partial charge in [-0.1, -0.05) is 30.3 Å². The molecule has 132 valence electrons. The van der Waals surface area contributed by atoms with Crippen LogP contribution in [0.5, 0.6) is 0 Å². The number of benzene rings is 2. The van der Waals surface area contributed by atoms with Crippen LogP contribution in [0.15, 0.2) is 66.9 Å². The molecule has 1 aromatic heterocycles. The van der Waals surface area contributed by atoms with Gasteiger partial charge in [0.25, 0.3) is 5.91 Å². The van der Waals surface area contributed by atoms with Crippen molar-refractivity contribution in [3.63, 3.8) is 0 Å². The summed E-state index contributed by atoms with van der Waals surface area (Å²) in [6, 6.07) is 18.4. The Bertz CT molecular complexity index is 888. The monoisotopic (exact) mass is 349 g/mol. The van der Waals surface area contributed by atoms with Crippen LogP contribution in [0.1, 0.15) is 16.1 Å². The van der Waals surface area contributed by atoms with Gasteiger partial charge in [-0.3, -0.25) is 4.79 Å². The average Bonchev–Trinajstić information content (AvgIpc) is 3.14. The first kappa shape index (κ1) is 17.2. The van der Waals surface area contributed by atoms with Crippen LogP contribution in [-0.2, 0) is 6.42 Å². The van der Waals surface area contributed by atoms with Crippen LogP contribution >= 0.6 is 0 Å². The van der Waals surface area contributed by atoms with E-state index in [1.54, 1.807) is 41.2 Å². The second-order valence-electron chi connectivity index (χ2n) is 5.67. The third-order valence-corrected chi connectivity index (χ3v) is 3.77. The lowest BCUT2D eigenvalue weighted by Gasteiger charge is -2.08. The van der Waals surface area contributed by atoms with E-state index in [4.69, 9.17) is 5.73 Å². The van der Waals surface area contributed by atoms with Crippen LogP contribution in [0.25, 0.3) is 5.69 Å². The number of primary amides is 1. The van der Waals surface area contributed by atoms with Crippen molar-refractivity contribution in [3.05, 3.63) is 78.1 Å². The Morgan fingerprint density at radius 3 is 2.38 bits per heavy atom. The Morgan fingerprint density at radius 2 is 1.73 bits per heavy atom. The minimum atomic E-state index is -0.575. The number of rotatable bonds is 6. The second kappa shape index (κ2) is 7.98. The molecule has 0 fully saturated rings. The largest absolute Gasteiger partial charge is 0.364 e. The Hall–Kier alpha value is -3.61. The Morgan fingerprint density at radius 1 is 1.00 bits per heavy atom. The highest BCUT2D eigenvalue weighted by Gasteiger charge is 2.06. The maximum Gasteiger partial charge on any atom is 0.319 e. The molecule has 0 unspecified atom stereocenters. The second-order valence-corrected chi connectivity index (χ2v) is 5.67. The van der Waals surface area contributed by atoms with Crippen LogP contribution in [0, 0.1) is 0 Å². The van der Waals surface area contributed by atoms with Gasteiger partial charge in [-0.2, -0.15) is 5.10 Å². The molecule has 0 radical (unpaired) electrons. The fourth-order valence-electron chi connectivity index (χ4n) is 2.44. The summed E-state index contributed by atoms with van der Waals surface area (Å²) in [6.07, 6.45) is 2.42. The highest BCUT2D eigenvalue weighted by Crippen LogP contribution is 2.13. The van der Waals surface area contributed by atoms with Crippen LogP contribution in [0.4, 0.5) is 10.5 Å². The molecule has 0 aliphatic rings. The quantitative estimate of drug-likeness (QED) is 0.636. The first-order valence-corrected chi connectivity index (χ1v) is 8.16. The molecule has 0 spiro atoms. The Labute approximate surface area is 150 Å². The van der Waals surface area contributed by atoms with Crippen molar-refractivity contribution in [2.24, 2.45) is 5.73 Å². The Kier molecular flexibility index (Phi) is 5.28. The zero-order valence-corrected chi connectivity index (χ0v) is 14.1. The Balaban J connectivity index is 1.51. The van der Waals surface area contributed by atoms with Gasteiger partial charge in [-0.15, -0.1) is 0 Å². The number of nitrogens with zero attached hydrogens (tertiary/aromatic N) is 2. The minimum Gasteiger partial charge on any atom is -0.364 e. The molecule has 0 bridgehead atoms. The summed E-state index contributed by atoms with van der Waals surface area (Å²) in [5, 5.41) is 9.68. The number of hydrogen-bond acceptors (Lipinski definition) is 3. The number of urea groups is 1. The lowest BCUT2D eigenvalue weighted by atomic mass is 10.1. The standard InChI is InChI=1S/C19H19N5O2/c20-18(25)17-11-13-24(23-17)16-8-6-15(7-9-16)22-19(26)21-12-10-14-4-2-1-3-5-14/h1-9,11,13H,10,12H2,(H2,20,25)(H2,21,22,26). The van der Waals surface area contributed by atoms with Gasteiger partial charge in [0.1, 0.15) is 5.69 Å². The highest BCUT2D eigenvalue weighted by molar-refractivity contribution is 5.90. The van der Waals surface area contributed by atoms with E-state index in [1.165, 1.54) is 5.56 Å². The van der Waals surface area contributed by atoms with E-state index in [0.717, 1.165) is 12.1 Å². The van der Waals surface area contributed by atoms with E-state index < -0.39 is 5.91 Å². The molecule has 3 aromatic rings. The van der Waals surface area contributed by atoms with Crippen LogP contribution in [0.2, 0.25) is 0 Å². The van der Waals surface area contributed by atoms with Crippen LogP contribution < -0.4 is 16.4 Å². The molecule has 7 heteroatoms. The van der Waals surface area contributed by atoms with Gasteiger partial charge in [0.05, 0.1) is 5.69 Å². The van der Waals surface area contributed by atoms with Gasteiger partial charge < -0.3 is 16.4 Å². The number of hydrogen-bond donors (Lipinski definition) is 3. The van der Waals surface area contributed by atoms with Crippen LogP contribution in [-0.4, -0.2) is 28.3 Å². The van der Waals surface area contributed by atoms with Crippen molar-refractivity contribution < 1.29 is 9.59 Å². The summed E-state index contributed by atoms with van der Waals surface area (Å²) in [7, 11) is 0. The molecule has 0 aliphatic heterocycles. The maximum atomic E-state index is 11.9. The molecule has 0 atom stereocenters. The predicted molar refractivity (Wildman–Crippen MR) is 99.2 cm³/mol. The molecule has 2 aromatic carbocycles. The maximum absolute atomic E-state index is 11.9. The average molecular weight is 349 g/mol. The van der Waals surface area contributed by atoms with E-state index in [9.17, 15) is 9.59 Å². The SMILES string of the molecule is NC(=O)c1ccn(-c2ccc(NC(=O)NCCc3ccccc3)cc2)n1. The van der Waals surface area contributed by atoms with Crippen molar-refractivity contribution in [1.82, 2.24) is 15.1 Å². The molecule has 0 saturated carbocycles. The van der Waals surface area contributed by atoms with Crippen molar-refractivity contribution >= 4 is 17.6 Å². The summed E-state index contributed by atoms with van der Waals surface area (Å²) < 4.78 is 1.55. The van der Waals surface area contributed by atoms with Crippen molar-refractivity contribution in [3.8, 4) is 5.69 Å². The van der Waals surface area contributed by atoms with Crippen LogP contribution in [0.3, 0.4) is 0 Å². The van der Waals surface area contributed by atoms with Gasteiger partial charge >= 0.3 is 6.03 Å². The molecule has 7 nitrogen and oxygen atoms in total. The fraction of sp³-hybridized carbons (Fsp3) is 0.105. The lowest BCUT2D eigenvalue weighted by Crippen LogP contribution is -2.30. The predicted octanol–water partition coefficient (Wildman–Crippen LogP) is 2.34. The molecule has 0 saturated heterocycles. The molecule has 26 heavy (non-hydrogen) atoms. The fourth-order valence-corrected chi connectivity index (χ4v) is 2.44. The molecule has 1 heterocycles.